The van der Waals surface area contributed by atoms with E-state index in [4.69, 9.17) is 17.2 Å². The first-order valence-corrected chi connectivity index (χ1v) is 12.3. The second-order valence-electron chi connectivity index (χ2n) is 8.39. The molecular weight excluding hydrogens is 495 g/mol. The molecule has 0 aromatic carbocycles. The fraction of sp³-hybridized carbons (Fsp3) is 0.500. The number of hydrogen-bond acceptors (Lipinski definition) is 6. The number of carbonyl (C=O) groups excluding carboxylic acids is 2. The first kappa shape index (κ1) is 39.4. The lowest BCUT2D eigenvalue weighted by Crippen LogP contribution is -2.40. The number of nitrogens with zero attached hydrogens (tertiary/aromatic N) is 2. The van der Waals surface area contributed by atoms with Crippen molar-refractivity contribution in [2.45, 2.75) is 85.9 Å². The summed E-state index contributed by atoms with van der Waals surface area (Å²) >= 11 is 0. The summed E-state index contributed by atoms with van der Waals surface area (Å²) < 4.78 is 39.1. The number of aromatic nitrogens is 1. The molecule has 1 aromatic heterocycles. The third-order valence-electron chi connectivity index (χ3n) is 4.85. The van der Waals surface area contributed by atoms with Crippen molar-refractivity contribution in [1.82, 2.24) is 4.98 Å². The number of aldehydes is 1. The Balaban J connectivity index is -0.000000532. The molecule has 1 rings (SSSR count). The summed E-state index contributed by atoms with van der Waals surface area (Å²) in [7, 11) is 0. The highest BCUT2D eigenvalue weighted by Crippen LogP contribution is 2.24. The third-order valence-corrected chi connectivity index (χ3v) is 4.85. The highest BCUT2D eigenvalue weighted by Gasteiger charge is 2.33. The van der Waals surface area contributed by atoms with Crippen LogP contribution >= 0.6 is 0 Å². The van der Waals surface area contributed by atoms with Crippen molar-refractivity contribution < 1.29 is 22.8 Å². The maximum atomic E-state index is 13.2. The molecule has 7 nitrogen and oxygen atoms in total. The van der Waals surface area contributed by atoms with Gasteiger partial charge in [0, 0.05) is 25.0 Å². The molecule has 0 fully saturated rings. The van der Waals surface area contributed by atoms with Gasteiger partial charge in [-0.15, -0.1) is 0 Å². The maximum absolute atomic E-state index is 13.2. The number of carbonyl (C=O) groups is 2. The second kappa shape index (κ2) is 20.9. The normalized spacial score (nSPS) is 14.2. The van der Waals surface area contributed by atoms with Crippen LogP contribution in [-0.2, 0) is 4.79 Å². The smallest absolute Gasteiger partial charge is 0.269 e. The summed E-state index contributed by atoms with van der Waals surface area (Å²) in [5, 5.41) is 0. The van der Waals surface area contributed by atoms with Crippen LogP contribution in [0, 0.1) is 6.92 Å². The molecular formula is C28H46F3N5O2. The molecule has 0 bridgehead atoms. The standard InChI is InChI=1S/C13H19F2N3O.C7H7NO.C6H14FN.C2H6/c1-5-11(19)18-7-8(2)6-10(9(3)16)12(17)13(4,14)15;1-6-3-2-4-8-7(6)5-9;1-3-6(2,7)4-5-8;1-2/h5-7,12H,1,16-17H2,2-4H3;2-5H,1H3;3-5,8H2,1-2H3;1-2H3/b8-6-,10-9-,18-7?;;;. The zero-order chi connectivity index (χ0) is 30.5. The van der Waals surface area contributed by atoms with Gasteiger partial charge in [-0.05, 0) is 75.9 Å². The molecule has 1 aromatic rings. The van der Waals surface area contributed by atoms with Crippen LogP contribution in [0.1, 0.15) is 77.4 Å². The summed E-state index contributed by atoms with van der Waals surface area (Å²) in [6.45, 7) is 16.8. The topological polar surface area (TPSA) is 137 Å². The van der Waals surface area contributed by atoms with E-state index in [1.807, 2.05) is 39.8 Å². The van der Waals surface area contributed by atoms with E-state index in [0.717, 1.165) is 24.8 Å². The Morgan fingerprint density at radius 3 is 2.11 bits per heavy atom. The molecule has 2 atom stereocenters. The zero-order valence-electron chi connectivity index (χ0n) is 24.0. The van der Waals surface area contributed by atoms with E-state index in [-0.39, 0.29) is 11.3 Å². The summed E-state index contributed by atoms with van der Waals surface area (Å²) in [6, 6.07) is 2.15. The van der Waals surface area contributed by atoms with Crippen LogP contribution < -0.4 is 17.2 Å². The number of rotatable bonds is 9. The molecule has 1 heterocycles. The maximum Gasteiger partial charge on any atom is 0.269 e. The van der Waals surface area contributed by atoms with Crippen molar-refractivity contribution in [3.63, 3.8) is 0 Å². The molecule has 0 saturated heterocycles. The molecule has 0 spiro atoms. The van der Waals surface area contributed by atoms with Gasteiger partial charge in [-0.1, -0.05) is 39.5 Å². The first-order valence-electron chi connectivity index (χ1n) is 12.3. The fourth-order valence-corrected chi connectivity index (χ4v) is 2.32. The molecule has 216 valence electrons. The Kier molecular flexibility index (Phi) is 21.7. The number of allylic oxidation sites excluding steroid dienone is 2. The number of aryl methyl sites for hydroxylation is 1. The number of aliphatic imine (C=N–C) groups is 1. The molecule has 0 aliphatic carbocycles. The number of halogens is 3. The lowest BCUT2D eigenvalue weighted by atomic mass is 9.98. The van der Waals surface area contributed by atoms with Crippen molar-refractivity contribution in [2.24, 2.45) is 22.2 Å². The van der Waals surface area contributed by atoms with Crippen molar-refractivity contribution in [3.8, 4) is 0 Å². The summed E-state index contributed by atoms with van der Waals surface area (Å²) in [5.74, 6) is -3.62. The molecule has 10 heteroatoms. The Hall–Kier alpha value is -3.11. The monoisotopic (exact) mass is 541 g/mol. The number of pyridine rings is 1. The zero-order valence-corrected chi connectivity index (χ0v) is 24.0. The van der Waals surface area contributed by atoms with Crippen molar-refractivity contribution in [1.29, 1.82) is 0 Å². The molecule has 0 aliphatic rings. The molecule has 2 unspecified atom stereocenters. The van der Waals surface area contributed by atoms with E-state index in [2.05, 4.69) is 16.6 Å². The number of amides is 1. The first-order chi connectivity index (χ1) is 17.6. The van der Waals surface area contributed by atoms with E-state index in [0.29, 0.717) is 30.7 Å². The molecule has 0 saturated carbocycles. The van der Waals surface area contributed by atoms with E-state index in [1.54, 1.807) is 20.0 Å². The Bertz CT molecular complexity index is 933. The van der Waals surface area contributed by atoms with Crippen LogP contribution in [0.15, 0.2) is 58.9 Å². The van der Waals surface area contributed by atoms with Crippen LogP contribution in [-0.4, -0.2) is 47.6 Å². The van der Waals surface area contributed by atoms with Crippen molar-refractivity contribution in [3.05, 3.63) is 65.2 Å². The molecule has 38 heavy (non-hydrogen) atoms. The predicted octanol–water partition coefficient (Wildman–Crippen LogP) is 5.63. The van der Waals surface area contributed by atoms with E-state index >= 15 is 0 Å². The van der Waals surface area contributed by atoms with Gasteiger partial charge in [0.1, 0.15) is 11.4 Å². The van der Waals surface area contributed by atoms with Gasteiger partial charge >= 0.3 is 0 Å². The summed E-state index contributed by atoms with van der Waals surface area (Å²) in [6.07, 6.45) is 7.07. The highest BCUT2D eigenvalue weighted by atomic mass is 19.3. The van der Waals surface area contributed by atoms with Gasteiger partial charge in [0.25, 0.3) is 11.8 Å². The average molecular weight is 542 g/mol. The molecule has 1 amide bonds. The van der Waals surface area contributed by atoms with E-state index in [1.165, 1.54) is 19.2 Å². The Labute approximate surface area is 226 Å². The van der Waals surface area contributed by atoms with Gasteiger partial charge in [-0.25, -0.2) is 18.2 Å². The van der Waals surface area contributed by atoms with E-state index < -0.39 is 23.5 Å². The van der Waals surface area contributed by atoms with Gasteiger partial charge < -0.3 is 17.2 Å². The van der Waals surface area contributed by atoms with Crippen LogP contribution in [0.25, 0.3) is 0 Å². The minimum absolute atomic E-state index is 0.113. The Morgan fingerprint density at radius 1 is 1.24 bits per heavy atom. The molecule has 0 aliphatic heterocycles. The van der Waals surface area contributed by atoms with Gasteiger partial charge in [0.15, 0.2) is 6.29 Å². The van der Waals surface area contributed by atoms with Crippen LogP contribution in [0.5, 0.6) is 0 Å². The lowest BCUT2D eigenvalue weighted by molar-refractivity contribution is -0.113. The largest absolute Gasteiger partial charge is 0.402 e. The minimum Gasteiger partial charge on any atom is -0.402 e. The highest BCUT2D eigenvalue weighted by molar-refractivity contribution is 5.96. The Morgan fingerprint density at radius 2 is 1.79 bits per heavy atom. The van der Waals surface area contributed by atoms with Crippen molar-refractivity contribution >= 4 is 18.4 Å². The SMILES string of the molecule is C=CC(=O)N=C/C(C)=C\C(=C(/C)N)C(N)C(C)(F)F.CC.CCC(C)(F)CCN.Cc1cccnc1C=O. The second-order valence-corrected chi connectivity index (χ2v) is 8.39. The number of hydrogen-bond donors (Lipinski definition) is 3. The summed E-state index contributed by atoms with van der Waals surface area (Å²) in [5.41, 5.74) is 17.4. The van der Waals surface area contributed by atoms with Gasteiger partial charge in [0.05, 0.1) is 6.04 Å². The molecule has 0 radical (unpaired) electrons. The lowest BCUT2D eigenvalue weighted by Gasteiger charge is -2.21. The van der Waals surface area contributed by atoms with Crippen LogP contribution in [0.3, 0.4) is 0 Å². The average Bonchev–Trinajstić information content (AvgIpc) is 2.87. The van der Waals surface area contributed by atoms with Crippen molar-refractivity contribution in [2.75, 3.05) is 6.54 Å². The van der Waals surface area contributed by atoms with E-state index in [9.17, 15) is 22.8 Å². The van der Waals surface area contributed by atoms with Gasteiger partial charge in [-0.3, -0.25) is 14.6 Å². The number of nitrogens with two attached hydrogens (primary N) is 3. The van der Waals surface area contributed by atoms with Crippen LogP contribution in [0.4, 0.5) is 13.2 Å². The minimum atomic E-state index is -3.10. The third kappa shape index (κ3) is 19.1. The quantitative estimate of drug-likeness (QED) is 0.160. The fourth-order valence-electron chi connectivity index (χ4n) is 2.32. The molecule has 6 N–H and O–H groups in total. The number of alkyl halides is 3. The predicted molar refractivity (Wildman–Crippen MR) is 152 cm³/mol. The summed E-state index contributed by atoms with van der Waals surface area (Å²) in [4.78, 5) is 28.4. The van der Waals surface area contributed by atoms with Gasteiger partial charge in [-0.2, -0.15) is 0 Å². The van der Waals surface area contributed by atoms with Gasteiger partial charge in [0.2, 0.25) is 0 Å². The van der Waals surface area contributed by atoms with Crippen LogP contribution in [0.2, 0.25) is 0 Å².